The van der Waals surface area contributed by atoms with Gasteiger partial charge in [0.25, 0.3) is 0 Å². The minimum absolute atomic E-state index is 0.110. The highest BCUT2D eigenvalue weighted by Gasteiger charge is 2.22. The monoisotopic (exact) mass is 484 g/mol. The summed E-state index contributed by atoms with van der Waals surface area (Å²) in [5, 5.41) is 3.01. The molecular formula is C27H40N4O4. The van der Waals surface area contributed by atoms with Crippen molar-refractivity contribution in [2.45, 2.75) is 39.8 Å². The fourth-order valence-corrected chi connectivity index (χ4v) is 4.40. The van der Waals surface area contributed by atoms with Crippen molar-refractivity contribution in [3.63, 3.8) is 0 Å². The summed E-state index contributed by atoms with van der Waals surface area (Å²) >= 11 is 0. The Morgan fingerprint density at radius 3 is 2.14 bits per heavy atom. The number of benzene rings is 2. The van der Waals surface area contributed by atoms with Gasteiger partial charge in [-0.15, -0.1) is 0 Å². The Balaban J connectivity index is 1.55. The summed E-state index contributed by atoms with van der Waals surface area (Å²) in [6.07, 6.45) is 0. The predicted molar refractivity (Wildman–Crippen MR) is 141 cm³/mol. The van der Waals surface area contributed by atoms with Crippen molar-refractivity contribution < 1.29 is 19.0 Å². The lowest BCUT2D eigenvalue weighted by molar-refractivity contribution is 0.140. The van der Waals surface area contributed by atoms with Crippen molar-refractivity contribution in [2.75, 3.05) is 63.8 Å². The summed E-state index contributed by atoms with van der Waals surface area (Å²) in [5.74, 6) is 2.12. The van der Waals surface area contributed by atoms with Crippen molar-refractivity contribution in [1.29, 1.82) is 0 Å². The highest BCUT2D eigenvalue weighted by molar-refractivity contribution is 5.90. The van der Waals surface area contributed by atoms with E-state index >= 15 is 0 Å². The van der Waals surface area contributed by atoms with Crippen LogP contribution in [0.25, 0.3) is 0 Å². The van der Waals surface area contributed by atoms with Crippen LogP contribution < -0.4 is 24.4 Å². The van der Waals surface area contributed by atoms with E-state index in [1.54, 1.807) is 14.2 Å². The highest BCUT2D eigenvalue weighted by Crippen LogP contribution is 2.30. The average molecular weight is 485 g/mol. The number of urea groups is 1. The van der Waals surface area contributed by atoms with E-state index in [9.17, 15) is 4.79 Å². The predicted octanol–water partition coefficient (Wildman–Crippen LogP) is 4.56. The number of carbonyl (C=O) groups excluding carboxylic acids is 1. The molecule has 0 saturated carbocycles. The molecule has 0 aromatic heterocycles. The van der Waals surface area contributed by atoms with Gasteiger partial charge < -0.3 is 29.3 Å². The third kappa shape index (κ3) is 7.18. The van der Waals surface area contributed by atoms with Crippen LogP contribution in [-0.2, 0) is 0 Å². The maximum Gasteiger partial charge on any atom is 0.321 e. The van der Waals surface area contributed by atoms with Gasteiger partial charge in [-0.2, -0.15) is 0 Å². The van der Waals surface area contributed by atoms with Crippen LogP contribution in [0.4, 0.5) is 16.2 Å². The van der Waals surface area contributed by atoms with Crippen molar-refractivity contribution in [3.8, 4) is 17.2 Å². The van der Waals surface area contributed by atoms with Gasteiger partial charge in [-0.05, 0) is 64.1 Å². The van der Waals surface area contributed by atoms with Crippen LogP contribution in [0.5, 0.6) is 17.2 Å². The fourth-order valence-electron chi connectivity index (χ4n) is 4.40. The van der Waals surface area contributed by atoms with Gasteiger partial charge in [0, 0.05) is 62.2 Å². The first kappa shape index (κ1) is 26.5. The molecule has 0 radical (unpaired) electrons. The molecule has 1 saturated heterocycles. The van der Waals surface area contributed by atoms with E-state index in [0.717, 1.165) is 31.1 Å². The third-order valence-electron chi connectivity index (χ3n) is 6.35. The molecule has 8 heteroatoms. The van der Waals surface area contributed by atoms with Crippen molar-refractivity contribution in [2.24, 2.45) is 0 Å². The van der Waals surface area contributed by atoms with Gasteiger partial charge >= 0.3 is 6.03 Å². The lowest BCUT2D eigenvalue weighted by atomic mass is 10.2. The molecule has 192 valence electrons. The molecule has 2 aromatic rings. The molecule has 2 amide bonds. The third-order valence-corrected chi connectivity index (χ3v) is 6.35. The van der Waals surface area contributed by atoms with Crippen LogP contribution in [0.3, 0.4) is 0 Å². The van der Waals surface area contributed by atoms with Crippen LogP contribution in [0, 0.1) is 0 Å². The molecular weight excluding hydrogens is 444 g/mol. The normalized spacial score (nSPS) is 14.0. The molecule has 0 bridgehead atoms. The van der Waals surface area contributed by atoms with E-state index in [0.29, 0.717) is 49.0 Å². The molecule has 3 rings (SSSR count). The fraction of sp³-hybridized carbons (Fsp3) is 0.519. The molecule has 1 aliphatic heterocycles. The number of nitrogens with zero attached hydrogens (tertiary/aromatic N) is 3. The minimum atomic E-state index is -0.110. The Labute approximate surface area is 209 Å². The summed E-state index contributed by atoms with van der Waals surface area (Å²) < 4.78 is 16.8. The van der Waals surface area contributed by atoms with E-state index < -0.39 is 0 Å². The lowest BCUT2D eigenvalue weighted by Crippen LogP contribution is -2.50. The molecule has 0 aliphatic carbocycles. The zero-order valence-corrected chi connectivity index (χ0v) is 21.9. The zero-order chi connectivity index (χ0) is 25.4. The minimum Gasteiger partial charge on any atom is -0.497 e. The van der Waals surface area contributed by atoms with E-state index in [2.05, 4.69) is 54.9 Å². The van der Waals surface area contributed by atoms with E-state index in [4.69, 9.17) is 14.2 Å². The number of piperazine rings is 1. The molecule has 1 fully saturated rings. The molecule has 0 atom stereocenters. The maximum absolute atomic E-state index is 12.9. The Hall–Kier alpha value is -3.13. The van der Waals surface area contributed by atoms with E-state index in [1.807, 2.05) is 35.2 Å². The molecule has 0 unspecified atom stereocenters. The standard InChI is InChI=1S/C27H40N4O4/c1-20(2)31(21(3)4)17-18-35-26-19-22(7-12-25(26)34-6)28-27(32)30-15-13-29(14-16-30)23-8-10-24(33-5)11-9-23/h7-12,19-21H,13-18H2,1-6H3,(H,28,32). The summed E-state index contributed by atoms with van der Waals surface area (Å²) in [6, 6.07) is 14.3. The number of amides is 2. The van der Waals surface area contributed by atoms with Gasteiger partial charge in [0.15, 0.2) is 11.5 Å². The van der Waals surface area contributed by atoms with Gasteiger partial charge in [-0.1, -0.05) is 0 Å². The molecule has 1 aliphatic rings. The first-order chi connectivity index (χ1) is 16.8. The molecule has 2 aromatic carbocycles. The highest BCUT2D eigenvalue weighted by atomic mass is 16.5. The molecule has 35 heavy (non-hydrogen) atoms. The van der Waals surface area contributed by atoms with Gasteiger partial charge in [-0.3, -0.25) is 4.90 Å². The van der Waals surface area contributed by atoms with Crippen LogP contribution in [-0.4, -0.2) is 81.5 Å². The molecule has 1 N–H and O–H groups in total. The SMILES string of the molecule is COc1ccc(N2CCN(C(=O)Nc3ccc(OC)c(OCCN(C(C)C)C(C)C)c3)CC2)cc1. The molecule has 0 spiro atoms. The van der Waals surface area contributed by atoms with Gasteiger partial charge in [0.05, 0.1) is 14.2 Å². The average Bonchev–Trinajstić information content (AvgIpc) is 2.86. The Kier molecular flexibility index (Phi) is 9.48. The summed E-state index contributed by atoms with van der Waals surface area (Å²) in [5.41, 5.74) is 1.82. The number of rotatable bonds is 10. The number of ether oxygens (including phenoxy) is 3. The number of methoxy groups -OCH3 is 2. The number of anilines is 2. The number of nitrogens with one attached hydrogen (secondary N) is 1. The first-order valence-electron chi connectivity index (χ1n) is 12.3. The summed E-state index contributed by atoms with van der Waals surface area (Å²) in [4.78, 5) is 19.4. The van der Waals surface area contributed by atoms with Gasteiger partial charge in [-0.25, -0.2) is 4.79 Å². The van der Waals surface area contributed by atoms with Crippen molar-refractivity contribution in [1.82, 2.24) is 9.80 Å². The number of carbonyl (C=O) groups is 1. The van der Waals surface area contributed by atoms with Gasteiger partial charge in [0.2, 0.25) is 0 Å². The second-order valence-electron chi connectivity index (χ2n) is 9.24. The zero-order valence-electron chi connectivity index (χ0n) is 21.9. The summed E-state index contributed by atoms with van der Waals surface area (Å²) in [7, 11) is 3.29. The van der Waals surface area contributed by atoms with Crippen molar-refractivity contribution >= 4 is 17.4 Å². The molecule has 8 nitrogen and oxygen atoms in total. The second kappa shape index (κ2) is 12.5. The van der Waals surface area contributed by atoms with Crippen LogP contribution in [0.15, 0.2) is 42.5 Å². The van der Waals surface area contributed by atoms with Gasteiger partial charge in [0.1, 0.15) is 12.4 Å². The Morgan fingerprint density at radius 1 is 0.914 bits per heavy atom. The van der Waals surface area contributed by atoms with Crippen LogP contribution in [0.2, 0.25) is 0 Å². The smallest absolute Gasteiger partial charge is 0.321 e. The van der Waals surface area contributed by atoms with Crippen LogP contribution >= 0.6 is 0 Å². The Morgan fingerprint density at radius 2 is 1.57 bits per heavy atom. The topological polar surface area (TPSA) is 66.5 Å². The largest absolute Gasteiger partial charge is 0.497 e. The number of hydrogen-bond donors (Lipinski definition) is 1. The Bertz CT molecular complexity index is 933. The van der Waals surface area contributed by atoms with E-state index in [-0.39, 0.29) is 6.03 Å². The maximum atomic E-state index is 12.9. The molecule has 1 heterocycles. The summed E-state index contributed by atoms with van der Waals surface area (Å²) in [6.45, 7) is 13.0. The second-order valence-corrected chi connectivity index (χ2v) is 9.24. The number of hydrogen-bond acceptors (Lipinski definition) is 6. The quantitative estimate of drug-likeness (QED) is 0.534. The van der Waals surface area contributed by atoms with Crippen molar-refractivity contribution in [3.05, 3.63) is 42.5 Å². The lowest BCUT2D eigenvalue weighted by Gasteiger charge is -2.36. The first-order valence-corrected chi connectivity index (χ1v) is 12.3. The van der Waals surface area contributed by atoms with Crippen LogP contribution in [0.1, 0.15) is 27.7 Å². The van der Waals surface area contributed by atoms with E-state index in [1.165, 1.54) is 0 Å².